The van der Waals surface area contributed by atoms with Gasteiger partial charge >= 0.3 is 5.97 Å². The lowest BCUT2D eigenvalue weighted by atomic mass is 9.65. The Morgan fingerprint density at radius 1 is 1.09 bits per heavy atom. The molecule has 1 aliphatic rings. The van der Waals surface area contributed by atoms with Gasteiger partial charge in [-0.05, 0) is 30.1 Å². The summed E-state index contributed by atoms with van der Waals surface area (Å²) >= 11 is 3.70. The van der Waals surface area contributed by atoms with Crippen molar-refractivity contribution >= 4 is 29.5 Å². The first-order valence-corrected chi connectivity index (χ1v) is 11.4. The average Bonchev–Trinajstić information content (AvgIpc) is 2.59. The molecule has 4 heteroatoms. The zero-order valence-electron chi connectivity index (χ0n) is 15.9. The van der Waals surface area contributed by atoms with Crippen molar-refractivity contribution in [2.24, 2.45) is 16.7 Å². The molecule has 1 saturated heterocycles. The van der Waals surface area contributed by atoms with Crippen LogP contribution in [0.5, 0.6) is 0 Å². The molecule has 2 unspecified atom stereocenters. The largest absolute Gasteiger partial charge is 0.450 e. The molecule has 0 aliphatic carbocycles. The predicted molar refractivity (Wildman–Crippen MR) is 105 cm³/mol. The fourth-order valence-electron chi connectivity index (χ4n) is 3.13. The summed E-state index contributed by atoms with van der Waals surface area (Å²) in [6.07, 6.45) is 5.23. The molecule has 0 amide bonds. The first kappa shape index (κ1) is 21.2. The fraction of sp³-hybridized carbons (Fsp3) is 0.947. The maximum absolute atomic E-state index is 13.0. The van der Waals surface area contributed by atoms with Crippen LogP contribution in [0.2, 0.25) is 0 Å². The van der Waals surface area contributed by atoms with Crippen molar-refractivity contribution in [2.75, 3.05) is 17.3 Å². The minimum Gasteiger partial charge on any atom is -0.450 e. The van der Waals surface area contributed by atoms with Crippen LogP contribution >= 0.6 is 23.5 Å². The summed E-state index contributed by atoms with van der Waals surface area (Å²) in [4.78, 5) is 13.0. The summed E-state index contributed by atoms with van der Waals surface area (Å²) in [6.45, 7) is 13.5. The Hall–Kier alpha value is 0.170. The molecule has 1 heterocycles. The van der Waals surface area contributed by atoms with E-state index in [0.29, 0.717) is 0 Å². The lowest BCUT2D eigenvalue weighted by molar-refractivity contribution is -0.156. The summed E-state index contributed by atoms with van der Waals surface area (Å²) in [6, 6.07) is 0. The highest BCUT2D eigenvalue weighted by Crippen LogP contribution is 2.45. The maximum Gasteiger partial charge on any atom is 0.310 e. The molecule has 0 saturated carbocycles. The van der Waals surface area contributed by atoms with Crippen molar-refractivity contribution in [3.05, 3.63) is 0 Å². The third-order valence-electron chi connectivity index (χ3n) is 6.18. The third kappa shape index (κ3) is 5.88. The average molecular weight is 361 g/mol. The number of hydrogen-bond acceptors (Lipinski definition) is 4. The van der Waals surface area contributed by atoms with Crippen LogP contribution in [-0.2, 0) is 9.53 Å². The van der Waals surface area contributed by atoms with E-state index in [0.717, 1.165) is 43.6 Å². The van der Waals surface area contributed by atoms with Crippen LogP contribution in [0.25, 0.3) is 0 Å². The minimum atomic E-state index is 0.00919. The summed E-state index contributed by atoms with van der Waals surface area (Å²) in [7, 11) is 0. The van der Waals surface area contributed by atoms with Gasteiger partial charge in [0.1, 0.15) is 0 Å². The monoisotopic (exact) mass is 360 g/mol. The summed E-state index contributed by atoms with van der Waals surface area (Å²) in [5, 5.41) is 0. The topological polar surface area (TPSA) is 26.3 Å². The van der Waals surface area contributed by atoms with E-state index in [4.69, 9.17) is 4.74 Å². The Bertz CT molecular complexity index is 356. The Kier molecular flexibility index (Phi) is 8.85. The first-order valence-electron chi connectivity index (χ1n) is 9.24. The number of thioether (sulfide) groups is 2. The van der Waals surface area contributed by atoms with E-state index in [9.17, 15) is 4.79 Å². The smallest absolute Gasteiger partial charge is 0.310 e. The summed E-state index contributed by atoms with van der Waals surface area (Å²) in [5.74, 6) is 3.26. The molecule has 2 nitrogen and oxygen atoms in total. The second kappa shape index (κ2) is 9.60. The summed E-state index contributed by atoms with van der Waals surface area (Å²) in [5.41, 5.74) is 0.315. The minimum absolute atomic E-state index is 0.00919. The molecular weight excluding hydrogens is 324 g/mol. The molecule has 0 N–H and O–H groups in total. The number of ether oxygens (including phenoxy) is 1. The van der Waals surface area contributed by atoms with Gasteiger partial charge in [0.15, 0.2) is 5.44 Å². The van der Waals surface area contributed by atoms with Crippen molar-refractivity contribution in [2.45, 2.75) is 79.1 Å². The molecule has 136 valence electrons. The van der Waals surface area contributed by atoms with E-state index in [1.807, 2.05) is 11.8 Å². The molecule has 0 aromatic rings. The van der Waals surface area contributed by atoms with E-state index in [1.165, 1.54) is 5.75 Å². The quantitative estimate of drug-likeness (QED) is 0.471. The van der Waals surface area contributed by atoms with Gasteiger partial charge in [-0.15, -0.1) is 11.8 Å². The number of carbonyl (C=O) groups excluding carboxylic acids is 1. The van der Waals surface area contributed by atoms with Gasteiger partial charge in [0, 0.05) is 17.3 Å². The van der Waals surface area contributed by atoms with Gasteiger partial charge in [0.05, 0.1) is 5.92 Å². The molecule has 0 radical (unpaired) electrons. The molecule has 1 fully saturated rings. The first-order chi connectivity index (χ1) is 10.8. The lowest BCUT2D eigenvalue weighted by Gasteiger charge is -2.40. The van der Waals surface area contributed by atoms with Crippen molar-refractivity contribution in [1.82, 2.24) is 0 Å². The van der Waals surface area contributed by atoms with E-state index < -0.39 is 0 Å². The molecule has 0 bridgehead atoms. The highest BCUT2D eigenvalue weighted by molar-refractivity contribution is 8.06. The standard InChI is InChI=1S/C19H36O2S2/c1-7-18(5,8-2)13-15(19(6,9-3)10-4)17(20)21-16-14-22-11-12-23-16/h15-16H,7-14H2,1-6H3. The van der Waals surface area contributed by atoms with E-state index in [2.05, 4.69) is 41.5 Å². The van der Waals surface area contributed by atoms with Crippen LogP contribution < -0.4 is 0 Å². The lowest BCUT2D eigenvalue weighted by Crippen LogP contribution is -2.39. The predicted octanol–water partition coefficient (Wildman–Crippen LogP) is 5.99. The van der Waals surface area contributed by atoms with Crippen LogP contribution in [0.15, 0.2) is 0 Å². The Balaban J connectivity index is 2.90. The van der Waals surface area contributed by atoms with Gasteiger partial charge in [0.2, 0.25) is 0 Å². The highest BCUT2D eigenvalue weighted by Gasteiger charge is 2.42. The van der Waals surface area contributed by atoms with Crippen molar-refractivity contribution < 1.29 is 9.53 Å². The number of carbonyl (C=O) groups is 1. The molecule has 1 rings (SSSR count). The molecule has 2 atom stereocenters. The summed E-state index contributed by atoms with van der Waals surface area (Å²) < 4.78 is 5.94. The van der Waals surface area contributed by atoms with Crippen LogP contribution in [0.4, 0.5) is 0 Å². The van der Waals surface area contributed by atoms with Gasteiger partial charge in [-0.3, -0.25) is 4.79 Å². The molecule has 0 aromatic carbocycles. The molecule has 23 heavy (non-hydrogen) atoms. The van der Waals surface area contributed by atoms with Crippen molar-refractivity contribution in [3.8, 4) is 0 Å². The van der Waals surface area contributed by atoms with E-state index in [-0.39, 0.29) is 28.2 Å². The second-order valence-corrected chi connectivity index (χ2v) is 9.86. The van der Waals surface area contributed by atoms with Crippen LogP contribution in [0, 0.1) is 16.7 Å². The van der Waals surface area contributed by atoms with Gasteiger partial charge < -0.3 is 4.74 Å². The molecule has 0 aromatic heterocycles. The van der Waals surface area contributed by atoms with E-state index in [1.54, 1.807) is 11.8 Å². The highest BCUT2D eigenvalue weighted by atomic mass is 32.2. The van der Waals surface area contributed by atoms with Gasteiger partial charge in [0.25, 0.3) is 0 Å². The van der Waals surface area contributed by atoms with Crippen LogP contribution in [-0.4, -0.2) is 28.7 Å². The molecular formula is C19H36O2S2. The Morgan fingerprint density at radius 2 is 1.70 bits per heavy atom. The third-order valence-corrected chi connectivity index (χ3v) is 8.75. The number of rotatable bonds is 9. The Morgan fingerprint density at radius 3 is 2.13 bits per heavy atom. The molecule has 0 spiro atoms. The SMILES string of the molecule is CCC(C)(CC)CC(C(=O)OC1CSCCS1)C(C)(CC)CC. The maximum atomic E-state index is 13.0. The number of hydrogen-bond donors (Lipinski definition) is 0. The van der Waals surface area contributed by atoms with Gasteiger partial charge in [-0.25, -0.2) is 0 Å². The van der Waals surface area contributed by atoms with Crippen molar-refractivity contribution in [1.29, 1.82) is 0 Å². The zero-order valence-corrected chi connectivity index (χ0v) is 17.6. The van der Waals surface area contributed by atoms with Crippen LogP contribution in [0.1, 0.15) is 73.6 Å². The van der Waals surface area contributed by atoms with Crippen LogP contribution in [0.3, 0.4) is 0 Å². The zero-order chi connectivity index (χ0) is 17.5. The van der Waals surface area contributed by atoms with Gasteiger partial charge in [-0.1, -0.05) is 54.4 Å². The van der Waals surface area contributed by atoms with E-state index >= 15 is 0 Å². The molecule has 1 aliphatic heterocycles. The van der Waals surface area contributed by atoms with Crippen molar-refractivity contribution in [3.63, 3.8) is 0 Å². The number of esters is 1. The fourth-order valence-corrected chi connectivity index (χ4v) is 5.52. The normalized spacial score (nSPS) is 21.0. The van der Waals surface area contributed by atoms with Gasteiger partial charge in [-0.2, -0.15) is 11.8 Å². The Labute approximate surface area is 152 Å². The second-order valence-electron chi connectivity index (χ2n) is 7.45.